The first kappa shape index (κ1) is 23.9. The van der Waals surface area contributed by atoms with E-state index in [0.29, 0.717) is 19.7 Å². The van der Waals surface area contributed by atoms with Crippen LogP contribution in [0.3, 0.4) is 0 Å². The van der Waals surface area contributed by atoms with E-state index < -0.39 is 5.60 Å². The van der Waals surface area contributed by atoms with Crippen molar-refractivity contribution < 1.29 is 14.3 Å². The van der Waals surface area contributed by atoms with E-state index in [0.717, 1.165) is 31.8 Å². The van der Waals surface area contributed by atoms with Gasteiger partial charge in [-0.05, 0) is 56.2 Å². The van der Waals surface area contributed by atoms with Crippen molar-refractivity contribution in [2.24, 2.45) is 0 Å². The quantitative estimate of drug-likeness (QED) is 0.639. The molecule has 1 aliphatic rings. The lowest BCUT2D eigenvalue weighted by atomic mass is 10.1. The lowest BCUT2D eigenvalue weighted by molar-refractivity contribution is 0.0139. The van der Waals surface area contributed by atoms with Gasteiger partial charge in [0, 0.05) is 58.9 Å². The molecule has 1 fully saturated rings. The minimum atomic E-state index is -0.447. The highest BCUT2D eigenvalue weighted by molar-refractivity contribution is 5.68. The highest BCUT2D eigenvalue weighted by Gasteiger charge is 2.25. The Balaban J connectivity index is 1.39. The predicted molar refractivity (Wildman–Crippen MR) is 129 cm³/mol. The Bertz CT molecular complexity index is 849. The fourth-order valence-electron chi connectivity index (χ4n) is 3.61. The van der Waals surface area contributed by atoms with Crippen LogP contribution >= 0.6 is 0 Å². The zero-order valence-corrected chi connectivity index (χ0v) is 20.1. The minimum Gasteiger partial charge on any atom is -0.493 e. The van der Waals surface area contributed by atoms with Gasteiger partial charge in [0.25, 0.3) is 0 Å². The Kier molecular flexibility index (Phi) is 8.02. The summed E-state index contributed by atoms with van der Waals surface area (Å²) in [5.74, 6) is 0.901. The van der Waals surface area contributed by atoms with Crippen molar-refractivity contribution in [2.45, 2.75) is 39.3 Å². The van der Waals surface area contributed by atoms with Crippen LogP contribution in [0.4, 0.5) is 10.5 Å². The van der Waals surface area contributed by atoms with Crippen LogP contribution in [0.15, 0.2) is 48.5 Å². The SMILES string of the molecule is CN(C)c1ccc(OCCc2ccc(CN3CCN(C(=O)OC(C)(C)C)CC3)cc2)cc1. The molecule has 174 valence electrons. The third-order valence-corrected chi connectivity index (χ3v) is 5.47. The molecule has 32 heavy (non-hydrogen) atoms. The molecule has 0 aromatic heterocycles. The maximum absolute atomic E-state index is 12.2. The summed E-state index contributed by atoms with van der Waals surface area (Å²) in [7, 11) is 4.06. The molecule has 6 heteroatoms. The van der Waals surface area contributed by atoms with E-state index in [-0.39, 0.29) is 6.09 Å². The second-order valence-corrected chi connectivity index (χ2v) is 9.55. The average molecular weight is 440 g/mol. The maximum Gasteiger partial charge on any atom is 0.410 e. The van der Waals surface area contributed by atoms with Crippen molar-refractivity contribution >= 4 is 11.8 Å². The molecule has 1 amide bonds. The highest BCUT2D eigenvalue weighted by Crippen LogP contribution is 2.18. The molecule has 1 aliphatic heterocycles. The fourth-order valence-corrected chi connectivity index (χ4v) is 3.61. The molecule has 6 nitrogen and oxygen atoms in total. The van der Waals surface area contributed by atoms with Gasteiger partial charge in [-0.25, -0.2) is 4.79 Å². The normalized spacial score (nSPS) is 14.8. The van der Waals surface area contributed by atoms with E-state index in [9.17, 15) is 4.79 Å². The summed E-state index contributed by atoms with van der Waals surface area (Å²) < 4.78 is 11.4. The van der Waals surface area contributed by atoms with Crippen LogP contribution < -0.4 is 9.64 Å². The second-order valence-electron chi connectivity index (χ2n) is 9.55. The highest BCUT2D eigenvalue weighted by atomic mass is 16.6. The molecule has 0 bridgehead atoms. The molecule has 0 unspecified atom stereocenters. The molecule has 0 N–H and O–H groups in total. The average Bonchev–Trinajstić information content (AvgIpc) is 2.75. The largest absolute Gasteiger partial charge is 0.493 e. The lowest BCUT2D eigenvalue weighted by Gasteiger charge is -2.35. The number of hydrogen-bond acceptors (Lipinski definition) is 5. The number of nitrogens with zero attached hydrogens (tertiary/aromatic N) is 3. The molecule has 0 saturated carbocycles. The van der Waals surface area contributed by atoms with Crippen molar-refractivity contribution in [2.75, 3.05) is 51.8 Å². The van der Waals surface area contributed by atoms with Gasteiger partial charge in [-0.2, -0.15) is 0 Å². The minimum absolute atomic E-state index is 0.211. The zero-order valence-electron chi connectivity index (χ0n) is 20.1. The Hall–Kier alpha value is -2.73. The Morgan fingerprint density at radius 3 is 2.06 bits per heavy atom. The number of piperazine rings is 1. The van der Waals surface area contributed by atoms with Crippen molar-refractivity contribution in [3.05, 3.63) is 59.7 Å². The van der Waals surface area contributed by atoms with Gasteiger partial charge >= 0.3 is 6.09 Å². The Labute approximate surface area is 192 Å². The summed E-state index contributed by atoms with van der Waals surface area (Å²) in [6.07, 6.45) is 0.668. The fraction of sp³-hybridized carbons (Fsp3) is 0.500. The molecule has 1 saturated heterocycles. The summed E-state index contributed by atoms with van der Waals surface area (Å²) in [5, 5.41) is 0. The first-order valence-electron chi connectivity index (χ1n) is 11.4. The Morgan fingerprint density at radius 1 is 0.906 bits per heavy atom. The van der Waals surface area contributed by atoms with Gasteiger partial charge < -0.3 is 19.3 Å². The topological polar surface area (TPSA) is 45.2 Å². The van der Waals surface area contributed by atoms with Crippen LogP contribution in [0.1, 0.15) is 31.9 Å². The van der Waals surface area contributed by atoms with Gasteiger partial charge in [-0.3, -0.25) is 4.90 Å². The molecular formula is C26H37N3O3. The van der Waals surface area contributed by atoms with E-state index in [1.807, 2.05) is 47.0 Å². The van der Waals surface area contributed by atoms with Crippen LogP contribution in [-0.4, -0.2) is 68.4 Å². The summed E-state index contributed by atoms with van der Waals surface area (Å²) in [4.78, 5) is 18.5. The molecule has 0 radical (unpaired) electrons. The van der Waals surface area contributed by atoms with Crippen molar-refractivity contribution in [1.29, 1.82) is 0 Å². The number of benzene rings is 2. The maximum atomic E-state index is 12.2. The van der Waals surface area contributed by atoms with Gasteiger partial charge in [0.2, 0.25) is 0 Å². The molecule has 1 heterocycles. The Morgan fingerprint density at radius 2 is 1.50 bits per heavy atom. The molecule has 0 atom stereocenters. The van der Waals surface area contributed by atoms with E-state index >= 15 is 0 Å². The van der Waals surface area contributed by atoms with Crippen LogP contribution in [0, 0.1) is 0 Å². The third-order valence-electron chi connectivity index (χ3n) is 5.47. The first-order valence-corrected chi connectivity index (χ1v) is 11.4. The van der Waals surface area contributed by atoms with Gasteiger partial charge in [-0.1, -0.05) is 24.3 Å². The summed E-state index contributed by atoms with van der Waals surface area (Å²) in [6, 6.07) is 16.9. The smallest absolute Gasteiger partial charge is 0.410 e. The van der Waals surface area contributed by atoms with Crippen molar-refractivity contribution in [3.8, 4) is 5.75 Å². The predicted octanol–water partition coefficient (Wildman–Crippen LogP) is 4.43. The number of carbonyl (C=O) groups is 1. The molecule has 2 aromatic carbocycles. The monoisotopic (exact) mass is 439 g/mol. The number of hydrogen-bond donors (Lipinski definition) is 0. The molecule has 2 aromatic rings. The summed E-state index contributed by atoms with van der Waals surface area (Å²) in [5.41, 5.74) is 3.28. The second kappa shape index (κ2) is 10.7. The number of anilines is 1. The third kappa shape index (κ3) is 7.45. The lowest BCUT2D eigenvalue weighted by Crippen LogP contribution is -2.49. The van der Waals surface area contributed by atoms with E-state index in [1.165, 1.54) is 16.8 Å². The van der Waals surface area contributed by atoms with Gasteiger partial charge in [0.15, 0.2) is 0 Å². The zero-order chi connectivity index (χ0) is 23.1. The number of amides is 1. The van der Waals surface area contributed by atoms with Crippen LogP contribution in [0.2, 0.25) is 0 Å². The number of rotatable bonds is 7. The number of carbonyl (C=O) groups excluding carboxylic acids is 1. The molecule has 3 rings (SSSR count). The first-order chi connectivity index (χ1) is 15.2. The van der Waals surface area contributed by atoms with Crippen LogP contribution in [0.25, 0.3) is 0 Å². The molecular weight excluding hydrogens is 402 g/mol. The van der Waals surface area contributed by atoms with Crippen LogP contribution in [0.5, 0.6) is 5.75 Å². The summed E-state index contributed by atoms with van der Waals surface area (Å²) >= 11 is 0. The van der Waals surface area contributed by atoms with Crippen molar-refractivity contribution in [1.82, 2.24) is 9.80 Å². The van der Waals surface area contributed by atoms with Gasteiger partial charge in [0.05, 0.1) is 6.61 Å². The van der Waals surface area contributed by atoms with E-state index in [4.69, 9.17) is 9.47 Å². The number of ether oxygens (including phenoxy) is 2. The van der Waals surface area contributed by atoms with Crippen molar-refractivity contribution in [3.63, 3.8) is 0 Å². The van der Waals surface area contributed by atoms with Gasteiger partial charge in [-0.15, -0.1) is 0 Å². The summed E-state index contributed by atoms with van der Waals surface area (Å²) in [6.45, 7) is 10.4. The standard InChI is InChI=1S/C26H37N3O3/c1-26(2,3)32-25(30)29-17-15-28(16-18-29)20-22-8-6-21(7-9-22)14-19-31-24-12-10-23(11-13-24)27(4)5/h6-13H,14-20H2,1-5H3. The van der Waals surface area contributed by atoms with E-state index in [1.54, 1.807) is 4.90 Å². The van der Waals surface area contributed by atoms with Crippen LogP contribution in [-0.2, 0) is 17.7 Å². The van der Waals surface area contributed by atoms with E-state index in [2.05, 4.69) is 46.2 Å². The molecule has 0 aliphatic carbocycles. The van der Waals surface area contributed by atoms with Gasteiger partial charge in [0.1, 0.15) is 11.4 Å². The molecule has 0 spiro atoms.